The molecule has 0 aromatic carbocycles. The molecule has 6 nitrogen and oxygen atoms in total. The van der Waals surface area contributed by atoms with Crippen LogP contribution >= 0.6 is 0 Å². The highest BCUT2D eigenvalue weighted by molar-refractivity contribution is 5.80. The molecule has 2 aliphatic rings. The normalized spacial score (nSPS) is 22.4. The SMILES string of the molecule is N#Cc1cccnc1N1CCCC(C(=O)NC2CCOCC2)C1. The van der Waals surface area contributed by atoms with E-state index < -0.39 is 0 Å². The van der Waals surface area contributed by atoms with Crippen molar-refractivity contribution in [1.82, 2.24) is 10.3 Å². The molecule has 1 aromatic heterocycles. The molecule has 0 aliphatic carbocycles. The van der Waals surface area contributed by atoms with Crippen LogP contribution in [0.2, 0.25) is 0 Å². The topological polar surface area (TPSA) is 78.2 Å². The number of anilines is 1. The molecule has 1 unspecified atom stereocenters. The zero-order chi connectivity index (χ0) is 16.1. The number of piperidine rings is 1. The highest BCUT2D eigenvalue weighted by Gasteiger charge is 2.29. The van der Waals surface area contributed by atoms with Crippen molar-refractivity contribution < 1.29 is 9.53 Å². The minimum Gasteiger partial charge on any atom is -0.381 e. The molecule has 0 radical (unpaired) electrons. The van der Waals surface area contributed by atoms with Crippen molar-refractivity contribution in [2.45, 2.75) is 31.7 Å². The third-order valence-corrected chi connectivity index (χ3v) is 4.57. The van der Waals surface area contributed by atoms with Gasteiger partial charge in [-0.3, -0.25) is 4.79 Å². The van der Waals surface area contributed by atoms with Gasteiger partial charge in [-0.05, 0) is 37.8 Å². The Morgan fingerprint density at radius 1 is 1.39 bits per heavy atom. The Labute approximate surface area is 136 Å². The fraction of sp³-hybridized carbons (Fsp3) is 0.588. The summed E-state index contributed by atoms with van der Waals surface area (Å²) in [4.78, 5) is 18.9. The van der Waals surface area contributed by atoms with Crippen LogP contribution in [0.15, 0.2) is 18.3 Å². The first-order valence-electron chi connectivity index (χ1n) is 8.26. The summed E-state index contributed by atoms with van der Waals surface area (Å²) in [5.41, 5.74) is 0.568. The summed E-state index contributed by atoms with van der Waals surface area (Å²) in [6.07, 6.45) is 5.30. The highest BCUT2D eigenvalue weighted by atomic mass is 16.5. The van der Waals surface area contributed by atoms with E-state index in [-0.39, 0.29) is 17.9 Å². The number of ether oxygens (including phenoxy) is 1. The van der Waals surface area contributed by atoms with Crippen molar-refractivity contribution >= 4 is 11.7 Å². The third kappa shape index (κ3) is 3.80. The predicted octanol–water partition coefficient (Wildman–Crippen LogP) is 1.46. The van der Waals surface area contributed by atoms with Crippen LogP contribution in [-0.4, -0.2) is 43.2 Å². The molecule has 1 atom stereocenters. The summed E-state index contributed by atoms with van der Waals surface area (Å²) in [6.45, 7) is 2.91. The van der Waals surface area contributed by atoms with Crippen molar-refractivity contribution in [1.29, 1.82) is 5.26 Å². The van der Waals surface area contributed by atoms with Gasteiger partial charge in [0.2, 0.25) is 5.91 Å². The molecule has 3 rings (SSSR count). The van der Waals surface area contributed by atoms with Crippen LogP contribution in [0.5, 0.6) is 0 Å². The molecule has 2 fully saturated rings. The second-order valence-electron chi connectivity index (χ2n) is 6.17. The maximum Gasteiger partial charge on any atom is 0.225 e. The van der Waals surface area contributed by atoms with Gasteiger partial charge in [0.1, 0.15) is 11.9 Å². The molecule has 23 heavy (non-hydrogen) atoms. The zero-order valence-corrected chi connectivity index (χ0v) is 13.2. The number of aromatic nitrogens is 1. The van der Waals surface area contributed by atoms with Gasteiger partial charge in [-0.2, -0.15) is 5.26 Å². The van der Waals surface area contributed by atoms with Gasteiger partial charge in [0.25, 0.3) is 0 Å². The van der Waals surface area contributed by atoms with E-state index in [2.05, 4.69) is 21.3 Å². The smallest absolute Gasteiger partial charge is 0.225 e. The molecule has 0 bridgehead atoms. The molecule has 0 saturated carbocycles. The third-order valence-electron chi connectivity index (χ3n) is 4.57. The lowest BCUT2D eigenvalue weighted by atomic mass is 9.96. The van der Waals surface area contributed by atoms with Crippen LogP contribution in [0.3, 0.4) is 0 Å². The Kier molecular flexibility index (Phi) is 5.09. The van der Waals surface area contributed by atoms with Crippen molar-refractivity contribution in [3.05, 3.63) is 23.9 Å². The Morgan fingerprint density at radius 3 is 3.00 bits per heavy atom. The van der Waals surface area contributed by atoms with Crippen LogP contribution in [0.25, 0.3) is 0 Å². The van der Waals surface area contributed by atoms with E-state index in [1.807, 2.05) is 0 Å². The van der Waals surface area contributed by atoms with Gasteiger partial charge in [0, 0.05) is 38.5 Å². The monoisotopic (exact) mass is 314 g/mol. The van der Waals surface area contributed by atoms with E-state index in [0.29, 0.717) is 17.9 Å². The average molecular weight is 314 g/mol. The van der Waals surface area contributed by atoms with Gasteiger partial charge in [-0.15, -0.1) is 0 Å². The Bertz CT molecular complexity index is 593. The summed E-state index contributed by atoms with van der Waals surface area (Å²) in [6, 6.07) is 5.95. The van der Waals surface area contributed by atoms with Crippen LogP contribution in [-0.2, 0) is 9.53 Å². The summed E-state index contributed by atoms with van der Waals surface area (Å²) < 4.78 is 5.33. The van der Waals surface area contributed by atoms with E-state index in [4.69, 9.17) is 4.74 Å². The number of nitriles is 1. The molecular formula is C17H22N4O2. The fourth-order valence-corrected chi connectivity index (χ4v) is 3.28. The lowest BCUT2D eigenvalue weighted by Crippen LogP contribution is -2.47. The van der Waals surface area contributed by atoms with Crippen LogP contribution < -0.4 is 10.2 Å². The van der Waals surface area contributed by atoms with Gasteiger partial charge < -0.3 is 15.0 Å². The van der Waals surface area contributed by atoms with Crippen LogP contribution in [0.4, 0.5) is 5.82 Å². The Hall–Kier alpha value is -2.13. The van der Waals surface area contributed by atoms with Gasteiger partial charge in [-0.25, -0.2) is 4.98 Å². The molecular weight excluding hydrogens is 292 g/mol. The predicted molar refractivity (Wildman–Crippen MR) is 85.9 cm³/mol. The van der Waals surface area contributed by atoms with Gasteiger partial charge in [0.05, 0.1) is 11.5 Å². The van der Waals surface area contributed by atoms with Crippen molar-refractivity contribution in [2.24, 2.45) is 5.92 Å². The summed E-state index contributed by atoms with van der Waals surface area (Å²) >= 11 is 0. The van der Waals surface area contributed by atoms with Crippen molar-refractivity contribution in [2.75, 3.05) is 31.2 Å². The molecule has 3 heterocycles. The summed E-state index contributed by atoms with van der Waals surface area (Å²) in [5.74, 6) is 0.773. The Morgan fingerprint density at radius 2 is 2.22 bits per heavy atom. The fourth-order valence-electron chi connectivity index (χ4n) is 3.28. The number of nitrogens with one attached hydrogen (secondary N) is 1. The molecule has 1 amide bonds. The molecule has 1 aromatic rings. The maximum atomic E-state index is 12.5. The lowest BCUT2D eigenvalue weighted by Gasteiger charge is -2.34. The molecule has 1 N–H and O–H groups in total. The van der Waals surface area contributed by atoms with Crippen LogP contribution in [0.1, 0.15) is 31.2 Å². The maximum absolute atomic E-state index is 12.5. The molecule has 0 spiro atoms. The zero-order valence-electron chi connectivity index (χ0n) is 13.2. The first-order chi connectivity index (χ1) is 11.3. The number of carbonyl (C=O) groups excluding carboxylic acids is 1. The standard InChI is InChI=1S/C17H22N4O2/c18-11-13-3-1-7-19-16(13)21-8-2-4-14(12-21)17(22)20-15-5-9-23-10-6-15/h1,3,7,14-15H,2,4-6,8-10,12H2,(H,20,22). The first kappa shape index (κ1) is 15.8. The van der Waals surface area contributed by atoms with E-state index >= 15 is 0 Å². The number of amides is 1. The van der Waals surface area contributed by atoms with E-state index in [0.717, 1.165) is 45.4 Å². The quantitative estimate of drug-likeness (QED) is 0.914. The van der Waals surface area contributed by atoms with E-state index in [9.17, 15) is 10.1 Å². The second kappa shape index (κ2) is 7.42. The van der Waals surface area contributed by atoms with Crippen molar-refractivity contribution in [3.63, 3.8) is 0 Å². The first-order valence-corrected chi connectivity index (χ1v) is 8.26. The van der Waals surface area contributed by atoms with Gasteiger partial charge in [0.15, 0.2) is 0 Å². The van der Waals surface area contributed by atoms with Crippen molar-refractivity contribution in [3.8, 4) is 6.07 Å². The molecule has 6 heteroatoms. The summed E-state index contributed by atoms with van der Waals surface area (Å²) in [5, 5.41) is 12.4. The van der Waals surface area contributed by atoms with Crippen LogP contribution in [0, 0.1) is 17.2 Å². The summed E-state index contributed by atoms with van der Waals surface area (Å²) in [7, 11) is 0. The number of rotatable bonds is 3. The lowest BCUT2D eigenvalue weighted by molar-refractivity contribution is -0.126. The molecule has 2 saturated heterocycles. The van der Waals surface area contributed by atoms with Gasteiger partial charge in [-0.1, -0.05) is 0 Å². The van der Waals surface area contributed by atoms with E-state index in [1.165, 1.54) is 0 Å². The largest absolute Gasteiger partial charge is 0.381 e. The van der Waals surface area contributed by atoms with Gasteiger partial charge >= 0.3 is 0 Å². The minimum absolute atomic E-state index is 0.0415. The Balaban J connectivity index is 1.63. The number of hydrogen-bond donors (Lipinski definition) is 1. The van der Waals surface area contributed by atoms with E-state index in [1.54, 1.807) is 18.3 Å². The number of carbonyl (C=O) groups is 1. The average Bonchev–Trinajstić information content (AvgIpc) is 2.62. The number of pyridine rings is 1. The highest BCUT2D eigenvalue weighted by Crippen LogP contribution is 2.24. The molecule has 2 aliphatic heterocycles. The number of hydrogen-bond acceptors (Lipinski definition) is 5. The second-order valence-corrected chi connectivity index (χ2v) is 6.17. The minimum atomic E-state index is -0.0415. The number of nitrogens with zero attached hydrogens (tertiary/aromatic N) is 3. The molecule has 122 valence electrons.